The third kappa shape index (κ3) is 2.76. The van der Waals surface area contributed by atoms with Gasteiger partial charge in [0.05, 0.1) is 12.6 Å². The fraction of sp³-hybridized carbons (Fsp3) is 0.583. The summed E-state index contributed by atoms with van der Waals surface area (Å²) in [5.41, 5.74) is 0. The molecule has 6 heteroatoms. The third-order valence-electron chi connectivity index (χ3n) is 2.99. The first kappa shape index (κ1) is 13.2. The van der Waals surface area contributed by atoms with Gasteiger partial charge in [-0.3, -0.25) is 0 Å². The van der Waals surface area contributed by atoms with Gasteiger partial charge in [-0.05, 0) is 20.3 Å². The maximum Gasteiger partial charge on any atom is 0.147 e. The van der Waals surface area contributed by atoms with Crippen LogP contribution < -0.4 is 5.32 Å². The number of thiazole rings is 1. The summed E-state index contributed by atoms with van der Waals surface area (Å²) in [4.78, 5) is 4.36. The zero-order valence-electron chi connectivity index (χ0n) is 11.1. The van der Waals surface area contributed by atoms with Crippen LogP contribution in [0.3, 0.4) is 0 Å². The molecule has 0 bridgehead atoms. The summed E-state index contributed by atoms with van der Waals surface area (Å²) < 4.78 is 2.13. The van der Waals surface area contributed by atoms with Crippen LogP contribution in [-0.4, -0.2) is 19.7 Å². The predicted molar refractivity (Wildman–Crippen MR) is 72.4 cm³/mol. The molecule has 2 rings (SSSR count). The molecule has 5 nitrogen and oxygen atoms in total. The Morgan fingerprint density at radius 3 is 2.83 bits per heavy atom. The van der Waals surface area contributed by atoms with Crippen LogP contribution in [0.2, 0.25) is 0 Å². The molecule has 0 unspecified atom stereocenters. The molecule has 0 amide bonds. The van der Waals surface area contributed by atoms with Crippen LogP contribution in [0.4, 0.5) is 0 Å². The van der Waals surface area contributed by atoms with Gasteiger partial charge in [0.15, 0.2) is 0 Å². The highest BCUT2D eigenvalue weighted by Crippen LogP contribution is 2.19. The second-order valence-electron chi connectivity index (χ2n) is 4.12. The van der Waals surface area contributed by atoms with Crippen molar-refractivity contribution < 1.29 is 0 Å². The van der Waals surface area contributed by atoms with Crippen molar-refractivity contribution in [1.29, 1.82) is 0 Å². The SMILES string of the molecule is CC[C@H](NCc1nnc(C)n1CC)c1nccs1. The second-order valence-corrected chi connectivity index (χ2v) is 5.05. The van der Waals surface area contributed by atoms with Crippen molar-refractivity contribution in [3.63, 3.8) is 0 Å². The maximum atomic E-state index is 4.36. The first-order chi connectivity index (χ1) is 8.76. The van der Waals surface area contributed by atoms with Crippen molar-refractivity contribution in [3.8, 4) is 0 Å². The van der Waals surface area contributed by atoms with E-state index in [2.05, 4.69) is 38.9 Å². The maximum absolute atomic E-state index is 4.36. The number of rotatable bonds is 6. The highest BCUT2D eigenvalue weighted by atomic mass is 32.1. The van der Waals surface area contributed by atoms with Gasteiger partial charge in [-0.15, -0.1) is 21.5 Å². The van der Waals surface area contributed by atoms with E-state index < -0.39 is 0 Å². The molecule has 2 heterocycles. The Labute approximate surface area is 111 Å². The number of hydrogen-bond acceptors (Lipinski definition) is 5. The van der Waals surface area contributed by atoms with E-state index in [4.69, 9.17) is 0 Å². The van der Waals surface area contributed by atoms with E-state index in [1.165, 1.54) is 0 Å². The summed E-state index contributed by atoms with van der Waals surface area (Å²) in [6.07, 6.45) is 2.87. The van der Waals surface area contributed by atoms with Crippen molar-refractivity contribution in [2.45, 2.75) is 46.3 Å². The molecular formula is C12H19N5S. The number of aryl methyl sites for hydroxylation is 1. The van der Waals surface area contributed by atoms with Gasteiger partial charge in [0.1, 0.15) is 16.7 Å². The predicted octanol–water partition coefficient (Wildman–Crippen LogP) is 2.30. The molecule has 0 fully saturated rings. The van der Waals surface area contributed by atoms with Crippen molar-refractivity contribution in [1.82, 2.24) is 25.1 Å². The fourth-order valence-electron chi connectivity index (χ4n) is 1.99. The Balaban J connectivity index is 2.02. The van der Waals surface area contributed by atoms with E-state index in [9.17, 15) is 0 Å². The van der Waals surface area contributed by atoms with Gasteiger partial charge < -0.3 is 9.88 Å². The Morgan fingerprint density at radius 1 is 1.39 bits per heavy atom. The standard InChI is InChI=1S/C12H19N5S/c1-4-10(12-13-6-7-18-12)14-8-11-16-15-9(3)17(11)5-2/h6-7,10,14H,4-5,8H2,1-3H3/t10-/m0/s1. The van der Waals surface area contributed by atoms with E-state index in [1.807, 2.05) is 18.5 Å². The molecule has 98 valence electrons. The molecule has 0 saturated carbocycles. The Hall–Kier alpha value is -1.27. The average Bonchev–Trinajstić information content (AvgIpc) is 3.00. The number of hydrogen-bond donors (Lipinski definition) is 1. The van der Waals surface area contributed by atoms with Gasteiger partial charge in [-0.1, -0.05) is 6.92 Å². The molecule has 2 aromatic heterocycles. The molecule has 0 aliphatic rings. The lowest BCUT2D eigenvalue weighted by Gasteiger charge is -2.14. The van der Waals surface area contributed by atoms with Gasteiger partial charge in [-0.2, -0.15) is 0 Å². The van der Waals surface area contributed by atoms with Gasteiger partial charge in [0, 0.05) is 18.1 Å². The minimum Gasteiger partial charge on any atom is -0.314 e. The highest BCUT2D eigenvalue weighted by molar-refractivity contribution is 7.09. The molecule has 0 aliphatic heterocycles. The lowest BCUT2D eigenvalue weighted by Crippen LogP contribution is -2.22. The molecule has 2 aromatic rings. The van der Waals surface area contributed by atoms with E-state index >= 15 is 0 Å². The van der Waals surface area contributed by atoms with Crippen LogP contribution in [0.25, 0.3) is 0 Å². The number of nitrogens with one attached hydrogen (secondary N) is 1. The lowest BCUT2D eigenvalue weighted by atomic mass is 10.2. The number of nitrogens with zero attached hydrogens (tertiary/aromatic N) is 4. The molecular weight excluding hydrogens is 246 g/mol. The third-order valence-corrected chi connectivity index (χ3v) is 3.88. The molecule has 0 aliphatic carbocycles. The Kier molecular flexibility index (Phi) is 4.43. The lowest BCUT2D eigenvalue weighted by molar-refractivity contribution is 0.494. The molecule has 0 radical (unpaired) electrons. The van der Waals surface area contributed by atoms with Gasteiger partial charge >= 0.3 is 0 Å². The van der Waals surface area contributed by atoms with Gasteiger partial charge in [-0.25, -0.2) is 4.98 Å². The number of aromatic nitrogens is 4. The summed E-state index contributed by atoms with van der Waals surface area (Å²) in [5.74, 6) is 1.96. The van der Waals surface area contributed by atoms with Crippen LogP contribution in [0.1, 0.15) is 43.0 Å². The fourth-order valence-corrected chi connectivity index (χ4v) is 2.79. The van der Waals surface area contributed by atoms with E-state index in [-0.39, 0.29) is 0 Å². The topological polar surface area (TPSA) is 55.6 Å². The molecule has 0 spiro atoms. The van der Waals surface area contributed by atoms with Gasteiger partial charge in [0.2, 0.25) is 0 Å². The Morgan fingerprint density at radius 2 is 2.22 bits per heavy atom. The van der Waals surface area contributed by atoms with Crippen LogP contribution in [-0.2, 0) is 13.1 Å². The summed E-state index contributed by atoms with van der Waals surface area (Å²) in [6, 6.07) is 0.298. The van der Waals surface area contributed by atoms with Crippen LogP contribution in [0.5, 0.6) is 0 Å². The molecule has 0 aromatic carbocycles. The minimum atomic E-state index is 0.298. The van der Waals surface area contributed by atoms with E-state index in [0.29, 0.717) is 6.04 Å². The monoisotopic (exact) mass is 265 g/mol. The van der Waals surface area contributed by atoms with Crippen LogP contribution >= 0.6 is 11.3 Å². The van der Waals surface area contributed by atoms with Crippen LogP contribution in [0, 0.1) is 6.92 Å². The minimum absolute atomic E-state index is 0.298. The molecule has 0 saturated heterocycles. The summed E-state index contributed by atoms with van der Waals surface area (Å²) in [7, 11) is 0. The normalized spacial score (nSPS) is 12.8. The first-order valence-electron chi connectivity index (χ1n) is 6.27. The van der Waals surface area contributed by atoms with Crippen molar-refractivity contribution in [2.24, 2.45) is 0 Å². The zero-order chi connectivity index (χ0) is 13.0. The summed E-state index contributed by atoms with van der Waals surface area (Å²) in [5, 5.41) is 15.0. The molecule has 1 N–H and O–H groups in total. The van der Waals surface area contributed by atoms with Crippen molar-refractivity contribution >= 4 is 11.3 Å². The van der Waals surface area contributed by atoms with Crippen molar-refractivity contribution in [3.05, 3.63) is 28.2 Å². The van der Waals surface area contributed by atoms with E-state index in [0.717, 1.165) is 36.2 Å². The Bertz CT molecular complexity index is 477. The van der Waals surface area contributed by atoms with Crippen LogP contribution in [0.15, 0.2) is 11.6 Å². The largest absolute Gasteiger partial charge is 0.314 e. The smallest absolute Gasteiger partial charge is 0.147 e. The van der Waals surface area contributed by atoms with Gasteiger partial charge in [0.25, 0.3) is 0 Å². The van der Waals surface area contributed by atoms with E-state index in [1.54, 1.807) is 11.3 Å². The highest BCUT2D eigenvalue weighted by Gasteiger charge is 2.13. The average molecular weight is 265 g/mol. The second kappa shape index (κ2) is 6.06. The first-order valence-corrected chi connectivity index (χ1v) is 7.15. The quantitative estimate of drug-likeness (QED) is 0.870. The molecule has 18 heavy (non-hydrogen) atoms. The van der Waals surface area contributed by atoms with Crippen molar-refractivity contribution in [2.75, 3.05) is 0 Å². The molecule has 1 atom stereocenters. The zero-order valence-corrected chi connectivity index (χ0v) is 11.9. The summed E-state index contributed by atoms with van der Waals surface area (Å²) >= 11 is 1.69. The summed E-state index contributed by atoms with van der Waals surface area (Å²) in [6.45, 7) is 7.89.